The molecule has 6 heteroatoms. The van der Waals surface area contributed by atoms with E-state index in [0.717, 1.165) is 25.0 Å². The third-order valence-corrected chi connectivity index (χ3v) is 11.5. The molecule has 1 heterocycles. The summed E-state index contributed by atoms with van der Waals surface area (Å²) < 4.78 is 17.8. The molecular weight excluding hydrogens is 430 g/mol. The number of hydrogen-bond donors (Lipinski definition) is 1. The Morgan fingerprint density at radius 3 is 2.33 bits per heavy atom. The summed E-state index contributed by atoms with van der Waals surface area (Å²) in [5, 5.41) is 3.96. The van der Waals surface area contributed by atoms with Crippen molar-refractivity contribution in [2.45, 2.75) is 76.4 Å². The highest BCUT2D eigenvalue weighted by Crippen LogP contribution is 2.38. The van der Waals surface area contributed by atoms with Gasteiger partial charge in [-0.15, -0.1) is 0 Å². The second kappa shape index (κ2) is 10.8. The molecule has 1 saturated heterocycles. The van der Waals surface area contributed by atoms with Crippen LogP contribution in [-0.2, 0) is 15.6 Å². The Morgan fingerprint density at radius 1 is 1.06 bits per heavy atom. The minimum absolute atomic E-state index is 0.00204. The SMILES string of the molecule is COC(=O)c1ccc(C[C@@H]2CC[C@H]([C@@H](COc3ccccc3)O[Si](C)(C)C(C)(C)C)N2)cc1. The van der Waals surface area contributed by atoms with Crippen LogP contribution in [0.2, 0.25) is 18.1 Å². The van der Waals surface area contributed by atoms with Crippen LogP contribution in [0.1, 0.15) is 49.5 Å². The molecule has 0 spiro atoms. The predicted octanol–water partition coefficient (Wildman–Crippen LogP) is 5.61. The Bertz CT molecular complexity index is 893. The monoisotopic (exact) mass is 469 g/mol. The molecule has 1 aliphatic heterocycles. The zero-order chi connectivity index (χ0) is 24.1. The van der Waals surface area contributed by atoms with Crippen LogP contribution in [0.25, 0.3) is 0 Å². The number of nitrogens with one attached hydrogen (secondary N) is 1. The van der Waals surface area contributed by atoms with E-state index in [1.807, 2.05) is 54.6 Å². The van der Waals surface area contributed by atoms with Gasteiger partial charge in [-0.05, 0) is 67.2 Å². The van der Waals surface area contributed by atoms with Crippen molar-refractivity contribution >= 4 is 14.3 Å². The van der Waals surface area contributed by atoms with Crippen molar-refractivity contribution in [3.63, 3.8) is 0 Å². The highest BCUT2D eigenvalue weighted by molar-refractivity contribution is 6.74. The van der Waals surface area contributed by atoms with Crippen molar-refractivity contribution in [3.8, 4) is 5.75 Å². The summed E-state index contributed by atoms with van der Waals surface area (Å²) in [6, 6.07) is 18.3. The molecule has 5 nitrogen and oxygen atoms in total. The molecule has 0 amide bonds. The average Bonchev–Trinajstić information content (AvgIpc) is 3.25. The molecule has 0 radical (unpaired) electrons. The predicted molar refractivity (Wildman–Crippen MR) is 135 cm³/mol. The molecule has 3 atom stereocenters. The van der Waals surface area contributed by atoms with E-state index in [2.05, 4.69) is 39.2 Å². The third-order valence-electron chi connectivity index (χ3n) is 6.99. The summed E-state index contributed by atoms with van der Waals surface area (Å²) in [4.78, 5) is 11.7. The number of carbonyl (C=O) groups excluding carboxylic acids is 1. The van der Waals surface area contributed by atoms with Crippen molar-refractivity contribution in [1.82, 2.24) is 5.32 Å². The van der Waals surface area contributed by atoms with Crippen LogP contribution >= 0.6 is 0 Å². The summed E-state index contributed by atoms with van der Waals surface area (Å²) in [7, 11) is -0.549. The molecule has 180 valence electrons. The van der Waals surface area contributed by atoms with Crippen LogP contribution in [0.15, 0.2) is 54.6 Å². The largest absolute Gasteiger partial charge is 0.491 e. The first-order valence-corrected chi connectivity index (χ1v) is 14.8. The Labute approximate surface area is 200 Å². The molecule has 0 aliphatic carbocycles. The van der Waals surface area contributed by atoms with Gasteiger partial charge in [0, 0.05) is 12.1 Å². The van der Waals surface area contributed by atoms with E-state index in [4.69, 9.17) is 13.9 Å². The van der Waals surface area contributed by atoms with Gasteiger partial charge < -0.3 is 19.2 Å². The highest BCUT2D eigenvalue weighted by atomic mass is 28.4. The summed E-state index contributed by atoms with van der Waals surface area (Å²) in [6.07, 6.45) is 3.07. The Balaban J connectivity index is 1.65. The molecule has 2 aromatic rings. The van der Waals surface area contributed by atoms with Crippen LogP contribution in [0.5, 0.6) is 5.75 Å². The van der Waals surface area contributed by atoms with Crippen molar-refractivity contribution in [1.29, 1.82) is 0 Å². The lowest BCUT2D eigenvalue weighted by molar-refractivity contribution is 0.0600. The maximum absolute atomic E-state index is 11.7. The lowest BCUT2D eigenvalue weighted by atomic mass is 10.0. The minimum atomic E-state index is -1.95. The van der Waals surface area contributed by atoms with E-state index in [0.29, 0.717) is 18.2 Å². The fraction of sp³-hybridized carbons (Fsp3) is 0.519. The van der Waals surface area contributed by atoms with Gasteiger partial charge in [-0.3, -0.25) is 0 Å². The van der Waals surface area contributed by atoms with E-state index >= 15 is 0 Å². The fourth-order valence-electron chi connectivity index (χ4n) is 3.97. The van der Waals surface area contributed by atoms with Crippen molar-refractivity contribution in [3.05, 3.63) is 65.7 Å². The van der Waals surface area contributed by atoms with Gasteiger partial charge in [0.05, 0.1) is 18.8 Å². The first-order chi connectivity index (χ1) is 15.6. The average molecular weight is 470 g/mol. The van der Waals surface area contributed by atoms with Gasteiger partial charge >= 0.3 is 5.97 Å². The number of hydrogen-bond acceptors (Lipinski definition) is 5. The minimum Gasteiger partial charge on any atom is -0.491 e. The van der Waals surface area contributed by atoms with Gasteiger partial charge in [-0.25, -0.2) is 4.79 Å². The standard InChI is InChI=1S/C27H39NO4Si/c1-27(2,3)33(5,6)32-25(19-31-23-10-8-7-9-11-23)24-17-16-22(28-24)18-20-12-14-21(15-13-20)26(29)30-4/h7-15,22,24-25,28H,16-19H2,1-6H3/t22-,24+,25+/m0/s1. The number of esters is 1. The van der Waals surface area contributed by atoms with Gasteiger partial charge in [0.25, 0.3) is 0 Å². The summed E-state index contributed by atoms with van der Waals surface area (Å²) in [5.41, 5.74) is 1.79. The first-order valence-electron chi connectivity index (χ1n) is 11.9. The molecule has 1 N–H and O–H groups in total. The number of benzene rings is 2. The molecule has 3 rings (SSSR count). The van der Waals surface area contributed by atoms with Crippen molar-refractivity contribution in [2.24, 2.45) is 0 Å². The van der Waals surface area contributed by atoms with Crippen LogP contribution in [0.4, 0.5) is 0 Å². The Morgan fingerprint density at radius 2 is 1.73 bits per heavy atom. The highest BCUT2D eigenvalue weighted by Gasteiger charge is 2.42. The lowest BCUT2D eigenvalue weighted by Crippen LogP contribution is -2.52. The molecule has 2 aromatic carbocycles. The van der Waals surface area contributed by atoms with E-state index in [-0.39, 0.29) is 23.2 Å². The topological polar surface area (TPSA) is 56.8 Å². The van der Waals surface area contributed by atoms with Crippen LogP contribution < -0.4 is 10.1 Å². The normalized spacial score (nSPS) is 19.8. The van der Waals surface area contributed by atoms with Gasteiger partial charge in [0.2, 0.25) is 0 Å². The van der Waals surface area contributed by atoms with Crippen LogP contribution in [0.3, 0.4) is 0 Å². The third kappa shape index (κ3) is 6.92. The number of carbonyl (C=O) groups is 1. The second-order valence-corrected chi connectivity index (χ2v) is 15.2. The van der Waals surface area contributed by atoms with Gasteiger partial charge in [-0.2, -0.15) is 0 Å². The number of methoxy groups -OCH3 is 1. The van der Waals surface area contributed by atoms with Crippen LogP contribution in [-0.4, -0.2) is 46.2 Å². The molecule has 0 saturated carbocycles. The van der Waals surface area contributed by atoms with Gasteiger partial charge in [0.15, 0.2) is 8.32 Å². The van der Waals surface area contributed by atoms with E-state index in [1.54, 1.807) is 0 Å². The maximum Gasteiger partial charge on any atom is 0.337 e. The number of ether oxygens (including phenoxy) is 2. The number of rotatable bonds is 9. The molecule has 33 heavy (non-hydrogen) atoms. The lowest BCUT2D eigenvalue weighted by Gasteiger charge is -2.41. The Hall–Kier alpha value is -2.15. The first kappa shape index (κ1) is 25.5. The quantitative estimate of drug-likeness (QED) is 0.382. The van der Waals surface area contributed by atoms with Gasteiger partial charge in [-0.1, -0.05) is 51.1 Å². The van der Waals surface area contributed by atoms with E-state index in [9.17, 15) is 4.79 Å². The van der Waals surface area contributed by atoms with Crippen molar-refractivity contribution < 1.29 is 18.7 Å². The fourth-order valence-corrected chi connectivity index (χ4v) is 5.31. The number of para-hydroxylation sites is 1. The van der Waals surface area contributed by atoms with Gasteiger partial charge in [0.1, 0.15) is 12.4 Å². The van der Waals surface area contributed by atoms with Crippen LogP contribution in [0, 0.1) is 0 Å². The smallest absolute Gasteiger partial charge is 0.337 e. The van der Waals surface area contributed by atoms with E-state index in [1.165, 1.54) is 12.7 Å². The molecule has 0 aromatic heterocycles. The zero-order valence-corrected chi connectivity index (χ0v) is 21.9. The van der Waals surface area contributed by atoms with E-state index < -0.39 is 8.32 Å². The molecule has 0 bridgehead atoms. The summed E-state index contributed by atoms with van der Waals surface area (Å²) in [5.74, 6) is 0.575. The van der Waals surface area contributed by atoms with Crippen molar-refractivity contribution in [2.75, 3.05) is 13.7 Å². The summed E-state index contributed by atoms with van der Waals surface area (Å²) in [6.45, 7) is 12.0. The Kier molecular flexibility index (Phi) is 8.37. The summed E-state index contributed by atoms with van der Waals surface area (Å²) >= 11 is 0. The molecule has 1 aliphatic rings. The maximum atomic E-state index is 11.7. The second-order valence-electron chi connectivity index (χ2n) is 10.5. The zero-order valence-electron chi connectivity index (χ0n) is 20.9. The molecule has 0 unspecified atom stereocenters. The molecule has 1 fully saturated rings. The molecular formula is C27H39NO4Si.